The summed E-state index contributed by atoms with van der Waals surface area (Å²) in [7, 11) is 0. The van der Waals surface area contributed by atoms with Crippen molar-refractivity contribution >= 4 is 5.71 Å². The maximum atomic E-state index is 8.70. The van der Waals surface area contributed by atoms with Crippen molar-refractivity contribution in [2.45, 2.75) is 38.1 Å². The molecule has 3 rings (SSSR count). The predicted octanol–water partition coefficient (Wildman–Crippen LogP) is 3.21. The summed E-state index contributed by atoms with van der Waals surface area (Å²) in [5.74, 6) is 0. The van der Waals surface area contributed by atoms with Gasteiger partial charge < -0.3 is 5.73 Å². The van der Waals surface area contributed by atoms with E-state index in [-0.39, 0.29) is 5.54 Å². The lowest BCUT2D eigenvalue weighted by Gasteiger charge is -2.14. The first-order chi connectivity index (χ1) is 11.0. The number of nitrogens with zero attached hydrogens (tertiary/aromatic N) is 2. The van der Waals surface area contributed by atoms with E-state index in [9.17, 15) is 0 Å². The lowest BCUT2D eigenvalue weighted by Crippen LogP contribution is -2.21. The molecule has 0 atom stereocenters. The Labute approximate surface area is 136 Å². The number of hydrogen-bond acceptors (Lipinski definition) is 4. The Morgan fingerprint density at radius 3 is 2.83 bits per heavy atom. The molecule has 23 heavy (non-hydrogen) atoms. The summed E-state index contributed by atoms with van der Waals surface area (Å²) >= 11 is 0. The minimum Gasteiger partial charge on any atom is -0.321 e. The van der Waals surface area contributed by atoms with Gasteiger partial charge in [-0.1, -0.05) is 18.2 Å². The van der Waals surface area contributed by atoms with E-state index in [0.29, 0.717) is 24.2 Å². The molecule has 4 heteroatoms. The molecule has 1 aliphatic carbocycles. The molecule has 1 aromatic heterocycles. The highest BCUT2D eigenvalue weighted by molar-refractivity contribution is 6.09. The van der Waals surface area contributed by atoms with E-state index in [2.05, 4.69) is 11.1 Å². The van der Waals surface area contributed by atoms with Gasteiger partial charge in [-0.05, 0) is 55.0 Å². The Kier molecular flexibility index (Phi) is 3.97. The van der Waals surface area contributed by atoms with E-state index in [4.69, 9.17) is 16.4 Å². The van der Waals surface area contributed by atoms with Crippen molar-refractivity contribution in [1.29, 1.82) is 10.7 Å². The Balaban J connectivity index is 1.86. The molecule has 116 valence electrons. The van der Waals surface area contributed by atoms with E-state index in [1.165, 1.54) is 0 Å². The zero-order valence-corrected chi connectivity index (χ0v) is 13.3. The quantitative estimate of drug-likeness (QED) is 0.831. The Morgan fingerprint density at radius 2 is 2.17 bits per heavy atom. The zero-order valence-electron chi connectivity index (χ0n) is 13.3. The maximum Gasteiger partial charge on any atom is 0.0887 e. The van der Waals surface area contributed by atoms with Crippen LogP contribution < -0.4 is 5.73 Å². The molecular weight excluding hydrogens is 284 g/mol. The first-order valence-corrected chi connectivity index (χ1v) is 7.85. The van der Waals surface area contributed by atoms with Gasteiger partial charge in [-0.2, -0.15) is 5.26 Å². The summed E-state index contributed by atoms with van der Waals surface area (Å²) in [5, 5.41) is 17.1. The van der Waals surface area contributed by atoms with Gasteiger partial charge in [0.2, 0.25) is 0 Å². The number of nitrogens with two attached hydrogens (primary N) is 1. The number of nitriles is 1. The Bertz CT molecular complexity index is 797. The number of hydrogen-bond donors (Lipinski definition) is 2. The largest absolute Gasteiger partial charge is 0.321 e. The van der Waals surface area contributed by atoms with Gasteiger partial charge in [0.25, 0.3) is 0 Å². The van der Waals surface area contributed by atoms with Crippen LogP contribution in [-0.4, -0.2) is 10.7 Å². The number of rotatable bonds is 5. The summed E-state index contributed by atoms with van der Waals surface area (Å²) in [5.41, 5.74) is 11.2. The minimum atomic E-state index is -0.199. The summed E-state index contributed by atoms with van der Waals surface area (Å²) in [6.45, 7) is 2.03. The normalized spacial score (nSPS) is 15.0. The van der Waals surface area contributed by atoms with E-state index in [1.807, 2.05) is 43.5 Å². The molecule has 2 aromatic rings. The van der Waals surface area contributed by atoms with Gasteiger partial charge in [-0.15, -0.1) is 0 Å². The van der Waals surface area contributed by atoms with Crippen LogP contribution in [0.5, 0.6) is 0 Å². The predicted molar refractivity (Wildman–Crippen MR) is 90.4 cm³/mol. The standard InChI is InChI=1S/C19H20N4/c1-13-10-17(23-12-16(13)19(22)7-8-19)18(21)15-6-2-4-14(11-15)5-3-9-20/h2,4,6,10-12,21H,3,5,7-8,22H2,1H3. The molecule has 0 unspecified atom stereocenters. The van der Waals surface area contributed by atoms with Crippen LogP contribution in [0.1, 0.15) is 47.2 Å². The second-order valence-electron chi connectivity index (χ2n) is 6.27. The third-order valence-corrected chi connectivity index (χ3v) is 4.43. The lowest BCUT2D eigenvalue weighted by atomic mass is 9.98. The van der Waals surface area contributed by atoms with Crippen LogP contribution in [0.4, 0.5) is 0 Å². The summed E-state index contributed by atoms with van der Waals surface area (Å²) in [6, 6.07) is 11.9. The molecule has 4 nitrogen and oxygen atoms in total. The number of aryl methyl sites for hydroxylation is 2. The van der Waals surface area contributed by atoms with E-state index in [1.54, 1.807) is 0 Å². The first-order valence-electron chi connectivity index (χ1n) is 7.85. The van der Waals surface area contributed by atoms with E-state index >= 15 is 0 Å². The van der Waals surface area contributed by atoms with Crippen LogP contribution in [0.15, 0.2) is 36.5 Å². The molecule has 0 aliphatic heterocycles. The van der Waals surface area contributed by atoms with Crippen molar-refractivity contribution in [3.63, 3.8) is 0 Å². The molecule has 1 heterocycles. The fraction of sp³-hybridized carbons (Fsp3) is 0.316. The van der Waals surface area contributed by atoms with E-state index < -0.39 is 0 Å². The van der Waals surface area contributed by atoms with E-state index in [0.717, 1.165) is 35.1 Å². The smallest absolute Gasteiger partial charge is 0.0887 e. The average molecular weight is 304 g/mol. The molecular formula is C19H20N4. The lowest BCUT2D eigenvalue weighted by molar-refractivity contribution is 0.727. The molecule has 1 saturated carbocycles. The van der Waals surface area contributed by atoms with Gasteiger partial charge >= 0.3 is 0 Å². The van der Waals surface area contributed by atoms with Crippen LogP contribution >= 0.6 is 0 Å². The molecule has 3 N–H and O–H groups in total. The zero-order chi connectivity index (χ0) is 16.4. The van der Waals surface area contributed by atoms with Gasteiger partial charge in [0.05, 0.1) is 17.5 Å². The third-order valence-electron chi connectivity index (χ3n) is 4.43. The highest BCUT2D eigenvalue weighted by atomic mass is 14.8. The number of pyridine rings is 1. The first kappa shape index (κ1) is 15.4. The molecule has 0 spiro atoms. The van der Waals surface area contributed by atoms with Gasteiger partial charge in [-0.25, -0.2) is 0 Å². The van der Waals surface area contributed by atoms with Crippen LogP contribution in [0, 0.1) is 23.7 Å². The second-order valence-corrected chi connectivity index (χ2v) is 6.27. The van der Waals surface area contributed by atoms with Gasteiger partial charge in [0, 0.05) is 23.7 Å². The van der Waals surface area contributed by atoms with Crippen LogP contribution in [0.25, 0.3) is 0 Å². The highest BCUT2D eigenvalue weighted by Crippen LogP contribution is 2.43. The fourth-order valence-corrected chi connectivity index (χ4v) is 2.85. The fourth-order valence-electron chi connectivity index (χ4n) is 2.85. The molecule has 0 saturated heterocycles. The van der Waals surface area contributed by atoms with Crippen molar-refractivity contribution in [2.24, 2.45) is 5.73 Å². The number of nitrogens with one attached hydrogen (secondary N) is 1. The summed E-state index contributed by atoms with van der Waals surface area (Å²) in [4.78, 5) is 4.46. The second kappa shape index (κ2) is 5.94. The average Bonchev–Trinajstić information content (AvgIpc) is 3.30. The SMILES string of the molecule is Cc1cc(C(=N)c2cccc(CCC#N)c2)ncc1C1(N)CC1. The highest BCUT2D eigenvalue weighted by Gasteiger charge is 2.41. The van der Waals surface area contributed by atoms with Crippen molar-refractivity contribution in [3.8, 4) is 6.07 Å². The third kappa shape index (κ3) is 3.15. The van der Waals surface area contributed by atoms with Crippen molar-refractivity contribution in [1.82, 2.24) is 4.98 Å². The summed E-state index contributed by atoms with van der Waals surface area (Å²) < 4.78 is 0. The Morgan fingerprint density at radius 1 is 1.39 bits per heavy atom. The monoisotopic (exact) mass is 304 g/mol. The van der Waals surface area contributed by atoms with Gasteiger partial charge in [0.15, 0.2) is 0 Å². The van der Waals surface area contributed by atoms with Crippen LogP contribution in [-0.2, 0) is 12.0 Å². The molecule has 1 fully saturated rings. The molecule has 1 aliphatic rings. The molecule has 0 bridgehead atoms. The topological polar surface area (TPSA) is 86.5 Å². The van der Waals surface area contributed by atoms with Crippen LogP contribution in [0.3, 0.4) is 0 Å². The summed E-state index contributed by atoms with van der Waals surface area (Å²) in [6.07, 6.45) is 5.03. The minimum absolute atomic E-state index is 0.199. The van der Waals surface area contributed by atoms with Gasteiger partial charge in [0.1, 0.15) is 0 Å². The Hall–Kier alpha value is -2.51. The molecule has 0 amide bonds. The molecule has 1 aromatic carbocycles. The van der Waals surface area contributed by atoms with Crippen molar-refractivity contribution in [2.75, 3.05) is 0 Å². The maximum absolute atomic E-state index is 8.70. The van der Waals surface area contributed by atoms with Crippen LogP contribution in [0.2, 0.25) is 0 Å². The number of aromatic nitrogens is 1. The molecule has 0 radical (unpaired) electrons. The van der Waals surface area contributed by atoms with Crippen molar-refractivity contribution in [3.05, 3.63) is 64.5 Å². The van der Waals surface area contributed by atoms with Crippen molar-refractivity contribution < 1.29 is 0 Å². The number of benzene rings is 1. The van der Waals surface area contributed by atoms with Gasteiger partial charge in [-0.3, -0.25) is 10.4 Å².